The van der Waals surface area contributed by atoms with Crippen molar-refractivity contribution < 1.29 is 41.0 Å². The van der Waals surface area contributed by atoms with Gasteiger partial charge in [-0.3, -0.25) is 14.6 Å². The molecule has 1 aromatic heterocycles. The van der Waals surface area contributed by atoms with Crippen LogP contribution in [0.4, 0.5) is 27.6 Å². The van der Waals surface area contributed by atoms with Gasteiger partial charge in [-0.15, -0.1) is 0 Å². The molecule has 3 N–H and O–H groups in total. The van der Waals surface area contributed by atoms with Gasteiger partial charge in [0.1, 0.15) is 11.8 Å². The summed E-state index contributed by atoms with van der Waals surface area (Å²) in [5.74, 6) is -7.49. The summed E-state index contributed by atoms with van der Waals surface area (Å²) in [5, 5.41) is 8.60. The van der Waals surface area contributed by atoms with Gasteiger partial charge in [0.25, 0.3) is 11.8 Å². The van der Waals surface area contributed by atoms with Crippen LogP contribution < -0.4 is 20.7 Å². The number of carbonyl (C=O) groups is 2. The van der Waals surface area contributed by atoms with E-state index in [-0.39, 0.29) is 22.5 Å². The second-order valence-corrected chi connectivity index (χ2v) is 10.6. The van der Waals surface area contributed by atoms with Crippen molar-refractivity contribution in [2.24, 2.45) is 5.92 Å². The highest BCUT2D eigenvalue weighted by molar-refractivity contribution is 5.97. The summed E-state index contributed by atoms with van der Waals surface area (Å²) in [6.07, 6.45) is -3.51. The van der Waals surface area contributed by atoms with Gasteiger partial charge in [0.2, 0.25) is 5.82 Å². The van der Waals surface area contributed by atoms with E-state index in [2.05, 4.69) is 20.9 Å². The molecule has 4 rings (SSSR count). The third-order valence-electron chi connectivity index (χ3n) is 7.93. The van der Waals surface area contributed by atoms with E-state index in [4.69, 9.17) is 9.47 Å². The summed E-state index contributed by atoms with van der Waals surface area (Å²) in [5.41, 5.74) is -3.12. The summed E-state index contributed by atoms with van der Waals surface area (Å²) < 4.78 is 81.2. The topological polar surface area (TPSA) is 102 Å². The Labute approximate surface area is 228 Å². The molecule has 1 aromatic carbocycles. The second kappa shape index (κ2) is 10.9. The van der Waals surface area contributed by atoms with Crippen molar-refractivity contribution in [3.63, 3.8) is 0 Å². The largest absolute Gasteiger partial charge is 0.493 e. The molecule has 2 aliphatic rings. The Hall–Kier alpha value is -3.32. The first-order valence-corrected chi connectivity index (χ1v) is 12.8. The van der Waals surface area contributed by atoms with E-state index in [1.165, 1.54) is 25.3 Å². The highest BCUT2D eigenvalue weighted by Crippen LogP contribution is 2.55. The Kier molecular flexibility index (Phi) is 8.10. The van der Waals surface area contributed by atoms with E-state index in [0.717, 1.165) is 45.6 Å². The van der Waals surface area contributed by atoms with E-state index in [0.29, 0.717) is 6.54 Å². The zero-order valence-electron chi connectivity index (χ0n) is 22.4. The number of halogens is 5. The van der Waals surface area contributed by atoms with Crippen molar-refractivity contribution in [1.29, 1.82) is 0 Å². The Morgan fingerprint density at radius 2 is 1.95 bits per heavy atom. The summed E-state index contributed by atoms with van der Waals surface area (Å²) in [7, 11) is 1.05. The molecule has 0 saturated carbocycles. The number of anilines is 1. The molecule has 8 nitrogen and oxygen atoms in total. The number of ether oxygens (including phenoxy) is 2. The number of rotatable bonds is 7. The number of pyridine rings is 1. The molecule has 2 amide bonds. The van der Waals surface area contributed by atoms with Gasteiger partial charge < -0.3 is 25.4 Å². The van der Waals surface area contributed by atoms with Crippen molar-refractivity contribution >= 4 is 17.5 Å². The fourth-order valence-electron chi connectivity index (χ4n) is 5.36. The lowest BCUT2D eigenvalue weighted by molar-refractivity contribution is -0.272. The van der Waals surface area contributed by atoms with Crippen molar-refractivity contribution in [3.8, 4) is 5.75 Å². The van der Waals surface area contributed by atoms with Crippen LogP contribution in [0, 0.1) is 17.6 Å². The average molecular weight is 571 g/mol. The van der Waals surface area contributed by atoms with E-state index in [9.17, 15) is 31.5 Å². The van der Waals surface area contributed by atoms with Gasteiger partial charge in [-0.05, 0) is 51.4 Å². The van der Waals surface area contributed by atoms with Crippen molar-refractivity contribution in [2.75, 3.05) is 25.5 Å². The number of methoxy groups -OCH3 is 1. The Bertz CT molecular complexity index is 1280. The molecule has 0 bridgehead atoms. The molecular weight excluding hydrogens is 539 g/mol. The number of benzene rings is 1. The molecule has 218 valence electrons. The normalized spacial score (nSPS) is 28.4. The van der Waals surface area contributed by atoms with Crippen LogP contribution in [0.2, 0.25) is 0 Å². The fraction of sp³-hybridized carbons (Fsp3) is 0.519. The summed E-state index contributed by atoms with van der Waals surface area (Å²) >= 11 is 0. The number of carbonyl (C=O) groups excluding carboxylic acids is 2. The Balaban J connectivity index is 1.60. The van der Waals surface area contributed by atoms with Crippen LogP contribution in [0.5, 0.6) is 5.75 Å². The van der Waals surface area contributed by atoms with E-state index >= 15 is 0 Å². The van der Waals surface area contributed by atoms with Crippen molar-refractivity contribution in [2.45, 2.75) is 63.0 Å². The minimum Gasteiger partial charge on any atom is -0.493 e. The van der Waals surface area contributed by atoms with E-state index in [1.807, 2.05) is 6.92 Å². The summed E-state index contributed by atoms with van der Waals surface area (Å²) in [4.78, 5) is 30.1. The van der Waals surface area contributed by atoms with Crippen LogP contribution in [0.1, 0.15) is 55.6 Å². The number of amides is 2. The molecule has 0 spiro atoms. The lowest BCUT2D eigenvalue weighted by Crippen LogP contribution is -2.47. The van der Waals surface area contributed by atoms with Gasteiger partial charge in [-0.1, -0.05) is 13.0 Å². The van der Waals surface area contributed by atoms with Crippen molar-refractivity contribution in [1.82, 2.24) is 15.6 Å². The lowest BCUT2D eigenvalue weighted by Gasteiger charge is -2.32. The average Bonchev–Trinajstić information content (AvgIpc) is 3.46. The molecule has 2 aliphatic heterocycles. The maximum absolute atomic E-state index is 14.5. The van der Waals surface area contributed by atoms with Gasteiger partial charge in [0.15, 0.2) is 17.2 Å². The molecule has 0 aliphatic carbocycles. The number of nitrogens with one attached hydrogen (secondary N) is 3. The Morgan fingerprint density at radius 3 is 2.58 bits per heavy atom. The maximum atomic E-state index is 14.5. The van der Waals surface area contributed by atoms with Crippen molar-refractivity contribution in [3.05, 3.63) is 53.4 Å². The quantitative estimate of drug-likeness (QED) is 0.429. The molecule has 2 fully saturated rings. The molecule has 13 heteroatoms. The molecule has 3 heterocycles. The summed E-state index contributed by atoms with van der Waals surface area (Å²) in [6.45, 7) is 5.21. The minimum atomic E-state index is -4.89. The first-order chi connectivity index (χ1) is 18.7. The number of nitrogens with zero attached hydrogens (tertiary/aromatic N) is 1. The molecule has 2 aromatic rings. The lowest BCUT2D eigenvalue weighted by atomic mass is 9.77. The predicted octanol–water partition coefficient (Wildman–Crippen LogP) is 4.32. The molecule has 0 unspecified atom stereocenters. The van der Waals surface area contributed by atoms with Crippen LogP contribution in [0.15, 0.2) is 30.5 Å². The monoisotopic (exact) mass is 570 g/mol. The number of hydrogen-bond acceptors (Lipinski definition) is 6. The van der Waals surface area contributed by atoms with Crippen LogP contribution in [0.25, 0.3) is 0 Å². The van der Waals surface area contributed by atoms with E-state index in [1.54, 1.807) is 0 Å². The predicted molar refractivity (Wildman–Crippen MR) is 135 cm³/mol. The van der Waals surface area contributed by atoms with Gasteiger partial charge in [-0.25, -0.2) is 4.39 Å². The highest BCUT2D eigenvalue weighted by atomic mass is 19.4. The molecule has 2 saturated heterocycles. The minimum absolute atomic E-state index is 0.0148. The third kappa shape index (κ3) is 5.49. The second-order valence-electron chi connectivity index (χ2n) is 10.6. The smallest absolute Gasteiger partial charge is 0.417 e. The zero-order valence-corrected chi connectivity index (χ0v) is 22.4. The Morgan fingerprint density at radius 1 is 1.23 bits per heavy atom. The third-order valence-corrected chi connectivity index (χ3v) is 7.93. The van der Waals surface area contributed by atoms with E-state index < -0.39 is 58.9 Å². The SMILES string of the molecule is COc1c([C@H]2[C@H](C(=O)Nc3ccnc(C(=O)NC[C@]4(C)CCCN4)c3)O[C@@](C)(C(F)(F)F)[C@H]2C)ccc(F)c1F. The molecular formula is C27H31F5N4O4. The molecule has 5 atom stereocenters. The first kappa shape index (κ1) is 29.7. The maximum Gasteiger partial charge on any atom is 0.417 e. The van der Waals surface area contributed by atoms with Gasteiger partial charge in [0, 0.05) is 41.4 Å². The number of alkyl halides is 3. The van der Waals surface area contributed by atoms with Crippen LogP contribution in [-0.4, -0.2) is 60.4 Å². The fourth-order valence-corrected chi connectivity index (χ4v) is 5.36. The zero-order chi connectivity index (χ0) is 29.5. The van der Waals surface area contributed by atoms with Gasteiger partial charge >= 0.3 is 6.18 Å². The summed E-state index contributed by atoms with van der Waals surface area (Å²) in [6, 6.07) is 4.49. The van der Waals surface area contributed by atoms with Gasteiger partial charge in [-0.2, -0.15) is 17.6 Å². The molecule has 40 heavy (non-hydrogen) atoms. The molecule has 0 radical (unpaired) electrons. The van der Waals surface area contributed by atoms with Crippen LogP contribution >= 0.6 is 0 Å². The standard InChI is InChI=1S/C27H31F5N4O4/c1-14-19(16-6-7-17(28)20(29)21(16)39-4)22(40-26(14,3)27(30,31)32)24(38)36-15-8-11-33-18(12-15)23(37)34-13-25(2)9-5-10-35-25/h6-8,11-12,14,19,22,35H,5,9-10,13H2,1-4H3,(H,34,37)(H,33,36,38)/t14-,19-,22+,25-,26+/m0/s1. The van der Waals surface area contributed by atoms with Crippen LogP contribution in [0.3, 0.4) is 0 Å². The number of hydrogen-bond donors (Lipinski definition) is 3. The van der Waals surface area contributed by atoms with Gasteiger partial charge in [0.05, 0.1) is 7.11 Å². The van der Waals surface area contributed by atoms with Crippen LogP contribution in [-0.2, 0) is 9.53 Å². The highest BCUT2D eigenvalue weighted by Gasteiger charge is 2.66. The first-order valence-electron chi connectivity index (χ1n) is 12.8. The number of aromatic nitrogens is 1.